The molecule has 29 heavy (non-hydrogen) atoms. The van der Waals surface area contributed by atoms with Gasteiger partial charge in [0.15, 0.2) is 0 Å². The summed E-state index contributed by atoms with van der Waals surface area (Å²) in [7, 11) is 1.49. The zero-order valence-corrected chi connectivity index (χ0v) is 15.7. The van der Waals surface area contributed by atoms with Crippen molar-refractivity contribution in [1.82, 2.24) is 15.4 Å². The van der Waals surface area contributed by atoms with Crippen LogP contribution in [0.2, 0.25) is 0 Å². The molecule has 148 valence electrons. The van der Waals surface area contributed by atoms with Gasteiger partial charge in [-0.2, -0.15) is 0 Å². The number of hydrazine groups is 1. The second kappa shape index (κ2) is 8.65. The summed E-state index contributed by atoms with van der Waals surface area (Å²) in [6.07, 6.45) is 1.14. The van der Waals surface area contributed by atoms with Gasteiger partial charge in [0, 0.05) is 5.56 Å². The molecule has 0 aliphatic carbocycles. The maximum absolute atomic E-state index is 12.3. The highest BCUT2D eigenvalue weighted by atomic mass is 16.6. The van der Waals surface area contributed by atoms with Gasteiger partial charge in [0.1, 0.15) is 12.1 Å². The van der Waals surface area contributed by atoms with E-state index in [-0.39, 0.29) is 11.6 Å². The number of aryl methyl sites for hydroxylation is 1. The van der Waals surface area contributed by atoms with Gasteiger partial charge in [-0.05, 0) is 31.2 Å². The van der Waals surface area contributed by atoms with E-state index in [2.05, 4.69) is 26.1 Å². The maximum atomic E-state index is 12.3. The smallest absolute Gasteiger partial charge is 0.355 e. The number of para-hydroxylation sites is 2. The van der Waals surface area contributed by atoms with Gasteiger partial charge in [-0.15, -0.1) is 0 Å². The van der Waals surface area contributed by atoms with E-state index in [0.717, 1.165) is 11.9 Å². The minimum atomic E-state index is -0.641. The number of methoxy groups -OCH3 is 1. The summed E-state index contributed by atoms with van der Waals surface area (Å²) in [4.78, 5) is 31.1. The van der Waals surface area contributed by atoms with Crippen LogP contribution in [-0.4, -0.2) is 27.9 Å². The van der Waals surface area contributed by atoms with Crippen molar-refractivity contribution < 1.29 is 14.5 Å². The van der Waals surface area contributed by atoms with Crippen LogP contribution in [0.15, 0.2) is 54.9 Å². The molecule has 2 aromatic carbocycles. The normalized spacial score (nSPS) is 10.1. The molecule has 0 aliphatic heterocycles. The van der Waals surface area contributed by atoms with Crippen LogP contribution in [0.1, 0.15) is 15.9 Å². The Morgan fingerprint density at radius 2 is 1.76 bits per heavy atom. The number of anilines is 3. The number of hydrogen-bond acceptors (Lipinski definition) is 8. The second-order valence-electron chi connectivity index (χ2n) is 5.95. The summed E-state index contributed by atoms with van der Waals surface area (Å²) in [5.41, 5.74) is 6.37. The van der Waals surface area contributed by atoms with Crippen LogP contribution in [0.25, 0.3) is 0 Å². The fourth-order valence-electron chi connectivity index (χ4n) is 2.50. The Morgan fingerprint density at radius 1 is 1.07 bits per heavy atom. The van der Waals surface area contributed by atoms with Crippen LogP contribution in [-0.2, 0) is 0 Å². The van der Waals surface area contributed by atoms with E-state index in [1.165, 1.54) is 7.11 Å². The van der Waals surface area contributed by atoms with Crippen molar-refractivity contribution in [2.24, 2.45) is 0 Å². The molecule has 0 bridgehead atoms. The zero-order chi connectivity index (χ0) is 20.8. The average Bonchev–Trinajstić information content (AvgIpc) is 2.72. The first-order valence-electron chi connectivity index (χ1n) is 8.52. The largest absolute Gasteiger partial charge is 0.495 e. The summed E-state index contributed by atoms with van der Waals surface area (Å²) in [6, 6.07) is 13.8. The van der Waals surface area contributed by atoms with Gasteiger partial charge in [0.25, 0.3) is 5.91 Å². The van der Waals surface area contributed by atoms with Crippen molar-refractivity contribution in [3.05, 3.63) is 76.1 Å². The Hall–Kier alpha value is -4.21. The van der Waals surface area contributed by atoms with E-state index < -0.39 is 16.5 Å². The maximum Gasteiger partial charge on any atom is 0.355 e. The predicted octanol–water partition coefficient (Wildman–Crippen LogP) is 3.20. The number of carbonyl (C=O) groups is 1. The SMILES string of the molecule is COc1ccccc1Nc1ncnc(NNC(=O)c2ccc(C)cc2)c1[N+](=O)[O-]. The minimum absolute atomic E-state index is 0.0541. The van der Waals surface area contributed by atoms with Gasteiger partial charge in [0.2, 0.25) is 11.6 Å². The van der Waals surface area contributed by atoms with Crippen molar-refractivity contribution in [3.63, 3.8) is 0 Å². The number of nitrogens with one attached hydrogen (secondary N) is 3. The first-order chi connectivity index (χ1) is 14.0. The molecule has 1 heterocycles. The Kier molecular flexibility index (Phi) is 5.83. The lowest BCUT2D eigenvalue weighted by Crippen LogP contribution is -2.30. The van der Waals surface area contributed by atoms with Gasteiger partial charge in [0.05, 0.1) is 17.7 Å². The van der Waals surface area contributed by atoms with Crippen LogP contribution < -0.4 is 20.9 Å². The molecule has 0 spiro atoms. The fraction of sp³-hybridized carbons (Fsp3) is 0.105. The molecule has 0 fully saturated rings. The molecule has 0 aliphatic rings. The standard InChI is InChI=1S/C19H18N6O4/c1-12-7-9-13(10-8-12)19(26)24-23-18-16(25(27)28)17(20-11-21-18)22-14-5-3-4-6-15(14)29-2/h3-11H,1-2H3,(H,24,26)(H2,20,21,22,23). The van der Waals surface area contributed by atoms with Crippen LogP contribution >= 0.6 is 0 Å². The molecule has 1 amide bonds. The molecule has 1 aromatic heterocycles. The van der Waals surface area contributed by atoms with E-state index in [4.69, 9.17) is 4.74 Å². The van der Waals surface area contributed by atoms with E-state index in [1.54, 1.807) is 48.5 Å². The van der Waals surface area contributed by atoms with E-state index in [1.807, 2.05) is 6.92 Å². The molecule has 0 saturated heterocycles. The number of nitro groups is 1. The van der Waals surface area contributed by atoms with Gasteiger partial charge < -0.3 is 10.1 Å². The Balaban J connectivity index is 1.84. The van der Waals surface area contributed by atoms with Crippen LogP contribution in [0.3, 0.4) is 0 Å². The topological polar surface area (TPSA) is 131 Å². The highest BCUT2D eigenvalue weighted by molar-refractivity contribution is 5.95. The van der Waals surface area contributed by atoms with Crippen molar-refractivity contribution in [2.75, 3.05) is 17.9 Å². The Labute approximate surface area is 166 Å². The summed E-state index contributed by atoms with van der Waals surface area (Å²) >= 11 is 0. The monoisotopic (exact) mass is 394 g/mol. The number of carbonyl (C=O) groups excluding carboxylic acids is 1. The van der Waals surface area contributed by atoms with Gasteiger partial charge >= 0.3 is 5.69 Å². The predicted molar refractivity (Wildman–Crippen MR) is 107 cm³/mol. The van der Waals surface area contributed by atoms with E-state index >= 15 is 0 Å². The van der Waals surface area contributed by atoms with Gasteiger partial charge in [-0.25, -0.2) is 9.97 Å². The Bertz CT molecular complexity index is 1040. The zero-order valence-electron chi connectivity index (χ0n) is 15.7. The molecule has 3 N–H and O–H groups in total. The lowest BCUT2D eigenvalue weighted by molar-refractivity contribution is -0.383. The average molecular weight is 394 g/mol. The second-order valence-corrected chi connectivity index (χ2v) is 5.95. The number of aromatic nitrogens is 2. The van der Waals surface area contributed by atoms with Crippen molar-refractivity contribution in [2.45, 2.75) is 6.92 Å². The number of amides is 1. The third-order valence-electron chi connectivity index (χ3n) is 3.97. The molecule has 3 rings (SSSR count). The number of benzene rings is 2. The third-order valence-corrected chi connectivity index (χ3v) is 3.97. The summed E-state index contributed by atoms with van der Waals surface area (Å²) < 4.78 is 5.24. The molecule has 10 heteroatoms. The van der Waals surface area contributed by atoms with Gasteiger partial charge in [-0.3, -0.25) is 25.8 Å². The summed E-state index contributed by atoms with van der Waals surface area (Å²) in [6.45, 7) is 1.90. The summed E-state index contributed by atoms with van der Waals surface area (Å²) in [5.74, 6) is -0.191. The molecule has 0 saturated carbocycles. The minimum Gasteiger partial charge on any atom is -0.495 e. The van der Waals surface area contributed by atoms with E-state index in [9.17, 15) is 14.9 Å². The highest BCUT2D eigenvalue weighted by Crippen LogP contribution is 2.33. The Morgan fingerprint density at radius 3 is 2.45 bits per heavy atom. The number of ether oxygens (including phenoxy) is 1. The lowest BCUT2D eigenvalue weighted by atomic mass is 10.1. The van der Waals surface area contributed by atoms with Crippen LogP contribution in [0, 0.1) is 17.0 Å². The van der Waals surface area contributed by atoms with E-state index in [0.29, 0.717) is 17.0 Å². The molecule has 3 aromatic rings. The molecular formula is C19H18N6O4. The first kappa shape index (κ1) is 19.5. The van der Waals surface area contributed by atoms with Crippen molar-refractivity contribution >= 4 is 28.9 Å². The molecule has 0 atom stereocenters. The molecule has 0 radical (unpaired) electrons. The van der Waals surface area contributed by atoms with Crippen LogP contribution in [0.5, 0.6) is 5.75 Å². The lowest BCUT2D eigenvalue weighted by Gasteiger charge is -2.12. The molecule has 0 unspecified atom stereocenters. The quantitative estimate of drug-likeness (QED) is 0.411. The number of nitrogens with zero attached hydrogens (tertiary/aromatic N) is 3. The highest BCUT2D eigenvalue weighted by Gasteiger charge is 2.24. The molecule has 10 nitrogen and oxygen atoms in total. The fourth-order valence-corrected chi connectivity index (χ4v) is 2.50. The first-order valence-corrected chi connectivity index (χ1v) is 8.52. The number of hydrogen-bond donors (Lipinski definition) is 3. The van der Waals surface area contributed by atoms with Gasteiger partial charge in [-0.1, -0.05) is 29.8 Å². The van der Waals surface area contributed by atoms with Crippen LogP contribution in [0.4, 0.5) is 23.0 Å². The summed E-state index contributed by atoms with van der Waals surface area (Å²) in [5, 5.41) is 14.5. The molecular weight excluding hydrogens is 376 g/mol. The number of rotatable bonds is 7. The third kappa shape index (κ3) is 4.56. The van der Waals surface area contributed by atoms with Crippen molar-refractivity contribution in [1.29, 1.82) is 0 Å². The van der Waals surface area contributed by atoms with Crippen molar-refractivity contribution in [3.8, 4) is 5.75 Å².